The molecule has 0 amide bonds. The number of hydrogen-bond donors (Lipinski definition) is 0. The summed E-state index contributed by atoms with van der Waals surface area (Å²) in [6.07, 6.45) is 0. The van der Waals surface area contributed by atoms with Crippen LogP contribution in [-0.2, 0) is 0 Å². The Morgan fingerprint density at radius 1 is 0.667 bits per heavy atom. The minimum Gasteiger partial charge on any atom is -0.0724 e. The summed E-state index contributed by atoms with van der Waals surface area (Å²) >= 11 is 0. The monoisotopic (exact) mass is 176 g/mol. The molecule has 0 heterocycles. The van der Waals surface area contributed by atoms with Crippen molar-refractivity contribution in [3.8, 4) is 0 Å². The van der Waals surface area contributed by atoms with E-state index in [2.05, 4.69) is 56.0 Å². The van der Waals surface area contributed by atoms with Crippen LogP contribution in [0.1, 0.15) is 0 Å². The second-order valence-corrected chi connectivity index (χ2v) is 7.20. The lowest BCUT2D eigenvalue weighted by Crippen LogP contribution is -1.84. The van der Waals surface area contributed by atoms with Gasteiger partial charge in [0, 0.05) is 8.80 Å². The second kappa shape index (κ2) is 4.26. The third-order valence-corrected chi connectivity index (χ3v) is 1.40. The van der Waals surface area contributed by atoms with Gasteiger partial charge in [-0.05, 0) is 10.8 Å². The molecule has 64 valence electrons. The molecule has 0 unspecified atom stereocenters. The fraction of sp³-hybridized carbons (Fsp3) is 0.273. The van der Waals surface area contributed by atoms with Gasteiger partial charge in [0.1, 0.15) is 0 Å². The van der Waals surface area contributed by atoms with Crippen molar-refractivity contribution < 1.29 is 0 Å². The fourth-order valence-corrected chi connectivity index (χ4v) is 0.911. The zero-order valence-corrected chi connectivity index (χ0v) is 9.20. The highest BCUT2D eigenvalue weighted by Gasteiger charge is 1.84. The Morgan fingerprint density at radius 2 is 0.833 bits per heavy atom. The van der Waals surface area contributed by atoms with E-state index >= 15 is 0 Å². The average Bonchev–Trinajstić information content (AvgIpc) is 2.07. The molecule has 12 heavy (non-hydrogen) atoms. The van der Waals surface area contributed by atoms with Gasteiger partial charge >= 0.3 is 0 Å². The normalized spacial score (nSPS) is 10.0. The van der Waals surface area contributed by atoms with Crippen LogP contribution in [0.5, 0.6) is 0 Å². The van der Waals surface area contributed by atoms with Gasteiger partial charge in [-0.25, -0.2) is 0 Å². The van der Waals surface area contributed by atoms with Gasteiger partial charge in [0.15, 0.2) is 0 Å². The van der Waals surface area contributed by atoms with E-state index in [1.54, 1.807) is 0 Å². The molecule has 0 saturated carbocycles. The van der Waals surface area contributed by atoms with Crippen LogP contribution in [0.3, 0.4) is 0 Å². The molecule has 0 atom stereocenters. The van der Waals surface area contributed by atoms with Crippen molar-refractivity contribution in [2.75, 3.05) is 0 Å². The molecule has 3 rings (SSSR count). The highest BCUT2D eigenvalue weighted by molar-refractivity contribution is 6.54. The summed E-state index contributed by atoms with van der Waals surface area (Å²) in [7, 11) is -0.139. The van der Waals surface area contributed by atoms with Crippen LogP contribution in [0.2, 0.25) is 19.6 Å². The summed E-state index contributed by atoms with van der Waals surface area (Å²) in [4.78, 5) is 0. The minimum atomic E-state index is -0.139. The Balaban J connectivity index is 0.000000157. The van der Waals surface area contributed by atoms with Crippen molar-refractivity contribution in [3.05, 3.63) is 36.4 Å². The molecule has 3 aromatic rings. The minimum absolute atomic E-state index is 0.139. The lowest BCUT2D eigenvalue weighted by Gasteiger charge is -1.92. The lowest BCUT2D eigenvalue weighted by atomic mass is 10.1. The number of benzene rings is 3. The predicted molar refractivity (Wildman–Crippen MR) is 59.9 cm³/mol. The van der Waals surface area contributed by atoms with Crippen LogP contribution in [0.4, 0.5) is 0 Å². The quantitative estimate of drug-likeness (QED) is 0.540. The first-order chi connectivity index (χ1) is 5.68. The third kappa shape index (κ3) is 3.05. The summed E-state index contributed by atoms with van der Waals surface area (Å²) in [6, 6.07) is 12.7. The van der Waals surface area contributed by atoms with Crippen LogP contribution in [0, 0.1) is 0 Å². The van der Waals surface area contributed by atoms with Crippen LogP contribution in [0.25, 0.3) is 10.8 Å². The second-order valence-electron chi connectivity index (χ2n) is 3.73. The Bertz CT molecular complexity index is 234. The molecule has 0 spiro atoms. The molecule has 0 saturated heterocycles. The lowest BCUT2D eigenvalue weighted by molar-refractivity contribution is 1.76. The van der Waals surface area contributed by atoms with E-state index in [1.807, 2.05) is 0 Å². The Hall–Kier alpha value is -0.823. The number of rotatable bonds is 0. The largest absolute Gasteiger partial charge is 0.0724 e. The smallest absolute Gasteiger partial charge is 0.0274 e. The Morgan fingerprint density at radius 3 is 0.917 bits per heavy atom. The van der Waals surface area contributed by atoms with Gasteiger partial charge < -0.3 is 0 Å². The van der Waals surface area contributed by atoms with Crippen LogP contribution in [0.15, 0.2) is 36.4 Å². The SMILES string of the molecule is C[SiH](C)C.c1cc2ccc1cc2. The molecule has 0 aliphatic rings. The van der Waals surface area contributed by atoms with Crippen molar-refractivity contribution in [3.63, 3.8) is 0 Å². The maximum absolute atomic E-state index is 2.31. The number of fused-ring (bicyclic) bond motifs is 3. The van der Waals surface area contributed by atoms with E-state index in [4.69, 9.17) is 0 Å². The summed E-state index contributed by atoms with van der Waals surface area (Å²) in [5.74, 6) is 0. The van der Waals surface area contributed by atoms with Crippen molar-refractivity contribution in [2.45, 2.75) is 19.6 Å². The molecule has 2 bridgehead atoms. The maximum Gasteiger partial charge on any atom is 0.0274 e. The van der Waals surface area contributed by atoms with E-state index in [-0.39, 0.29) is 8.80 Å². The van der Waals surface area contributed by atoms with Crippen molar-refractivity contribution >= 4 is 19.6 Å². The fourth-order valence-electron chi connectivity index (χ4n) is 0.911. The van der Waals surface area contributed by atoms with Crippen molar-refractivity contribution in [2.24, 2.45) is 0 Å². The van der Waals surface area contributed by atoms with Crippen LogP contribution < -0.4 is 0 Å². The molecular weight excluding hydrogens is 160 g/mol. The maximum atomic E-state index is 2.31. The van der Waals surface area contributed by atoms with Gasteiger partial charge in [-0.15, -0.1) is 0 Å². The molecule has 3 aromatic carbocycles. The molecule has 0 N–H and O–H groups in total. The predicted octanol–water partition coefficient (Wildman–Crippen LogP) is 3.38. The molecule has 0 fully saturated rings. The highest BCUT2D eigenvalue weighted by atomic mass is 28.3. The van der Waals surface area contributed by atoms with E-state index in [0.717, 1.165) is 0 Å². The van der Waals surface area contributed by atoms with Gasteiger partial charge in [0.2, 0.25) is 0 Å². The summed E-state index contributed by atoms with van der Waals surface area (Å²) in [6.45, 7) is 6.92. The molecular formula is C11H16Si. The molecule has 0 aliphatic carbocycles. The van der Waals surface area contributed by atoms with E-state index in [9.17, 15) is 0 Å². The average molecular weight is 176 g/mol. The summed E-state index contributed by atoms with van der Waals surface area (Å²) in [5, 5.41) is 2.61. The van der Waals surface area contributed by atoms with Gasteiger partial charge in [-0.2, -0.15) is 0 Å². The van der Waals surface area contributed by atoms with Crippen LogP contribution >= 0.6 is 0 Å². The molecule has 0 aliphatic heterocycles. The first-order valence-electron chi connectivity index (χ1n) is 4.46. The van der Waals surface area contributed by atoms with Gasteiger partial charge in [0.25, 0.3) is 0 Å². The zero-order chi connectivity index (χ0) is 8.97. The summed E-state index contributed by atoms with van der Waals surface area (Å²) in [5.41, 5.74) is 0. The van der Waals surface area contributed by atoms with Gasteiger partial charge in [-0.3, -0.25) is 0 Å². The number of hydrogen-bond acceptors (Lipinski definition) is 0. The van der Waals surface area contributed by atoms with Crippen LogP contribution in [-0.4, -0.2) is 8.80 Å². The van der Waals surface area contributed by atoms with Crippen molar-refractivity contribution in [1.29, 1.82) is 0 Å². The molecule has 0 radical (unpaired) electrons. The highest BCUT2D eigenvalue weighted by Crippen LogP contribution is 2.09. The third-order valence-electron chi connectivity index (χ3n) is 1.40. The van der Waals surface area contributed by atoms with Gasteiger partial charge in [0.05, 0.1) is 0 Å². The standard InChI is InChI=1S/C8H6.C3H10Si/c1-2-8-5-3-7(1)4-6-8;1-4(2)3/h1-6H;4H,1-3H3. The Labute approximate surface area is 76.2 Å². The van der Waals surface area contributed by atoms with Crippen molar-refractivity contribution in [1.82, 2.24) is 0 Å². The van der Waals surface area contributed by atoms with E-state index < -0.39 is 0 Å². The molecule has 0 nitrogen and oxygen atoms in total. The first kappa shape index (κ1) is 9.27. The molecule has 0 aromatic heterocycles. The van der Waals surface area contributed by atoms with E-state index in [0.29, 0.717) is 0 Å². The zero-order valence-electron chi connectivity index (χ0n) is 8.04. The first-order valence-corrected chi connectivity index (χ1v) is 7.93. The topological polar surface area (TPSA) is 0 Å². The summed E-state index contributed by atoms with van der Waals surface area (Å²) < 4.78 is 0. The van der Waals surface area contributed by atoms with E-state index in [1.165, 1.54) is 10.8 Å². The Kier molecular flexibility index (Phi) is 3.29. The molecule has 1 heteroatoms. The van der Waals surface area contributed by atoms with Gasteiger partial charge in [-0.1, -0.05) is 56.0 Å².